The molecule has 2 rings (SSSR count). The van der Waals surface area contributed by atoms with E-state index in [9.17, 15) is 9.59 Å². The third kappa shape index (κ3) is 3.00. The van der Waals surface area contributed by atoms with Gasteiger partial charge in [-0.1, -0.05) is 19.4 Å². The average molecular weight is 247 g/mol. The number of carbonyl (C=O) groups excluding carboxylic acids is 1. The van der Waals surface area contributed by atoms with Crippen LogP contribution in [0.1, 0.15) is 25.3 Å². The molecule has 0 saturated heterocycles. The summed E-state index contributed by atoms with van der Waals surface area (Å²) >= 11 is 0. The number of nitrogens with one attached hydrogen (secondary N) is 3. The molecule has 0 saturated carbocycles. The lowest BCUT2D eigenvalue weighted by atomic mass is 10.1. The summed E-state index contributed by atoms with van der Waals surface area (Å²) in [6.07, 6.45) is 2.40. The number of benzene rings is 1. The van der Waals surface area contributed by atoms with Gasteiger partial charge in [0.25, 0.3) is 0 Å². The Morgan fingerprint density at radius 2 is 2.06 bits per heavy atom. The first-order valence-electron chi connectivity index (χ1n) is 6.16. The van der Waals surface area contributed by atoms with Crippen LogP contribution in [0.25, 0.3) is 11.0 Å². The number of imidazole rings is 1. The molecule has 1 aromatic carbocycles. The lowest BCUT2D eigenvalue weighted by Crippen LogP contribution is -2.25. The Balaban J connectivity index is 2.02. The molecule has 1 heterocycles. The van der Waals surface area contributed by atoms with Crippen molar-refractivity contribution in [3.63, 3.8) is 0 Å². The Morgan fingerprint density at radius 3 is 2.83 bits per heavy atom. The molecule has 0 bridgehead atoms. The van der Waals surface area contributed by atoms with Gasteiger partial charge in [-0.15, -0.1) is 0 Å². The summed E-state index contributed by atoms with van der Waals surface area (Å²) in [5.74, 6) is 0.0145. The first kappa shape index (κ1) is 12.4. The molecule has 0 atom stereocenters. The summed E-state index contributed by atoms with van der Waals surface area (Å²) in [5, 5.41) is 2.87. The zero-order chi connectivity index (χ0) is 13.0. The Kier molecular flexibility index (Phi) is 3.82. The van der Waals surface area contributed by atoms with Gasteiger partial charge in [0.2, 0.25) is 5.91 Å². The van der Waals surface area contributed by atoms with Crippen molar-refractivity contribution in [1.29, 1.82) is 0 Å². The van der Waals surface area contributed by atoms with Crippen LogP contribution in [-0.2, 0) is 11.2 Å². The summed E-state index contributed by atoms with van der Waals surface area (Å²) in [7, 11) is 0. The van der Waals surface area contributed by atoms with E-state index in [-0.39, 0.29) is 11.6 Å². The van der Waals surface area contributed by atoms with E-state index in [4.69, 9.17) is 0 Å². The SMILES string of the molecule is CCCCNC(=O)Cc1ccc2[nH]c(=O)[nH]c2c1. The Hall–Kier alpha value is -2.04. The van der Waals surface area contributed by atoms with Crippen LogP contribution in [0.5, 0.6) is 0 Å². The van der Waals surface area contributed by atoms with Crippen LogP contribution in [0.2, 0.25) is 0 Å². The monoisotopic (exact) mass is 247 g/mol. The Morgan fingerprint density at radius 1 is 1.28 bits per heavy atom. The van der Waals surface area contributed by atoms with Gasteiger partial charge in [-0.2, -0.15) is 0 Å². The third-order valence-corrected chi connectivity index (χ3v) is 2.80. The second-order valence-electron chi connectivity index (χ2n) is 4.34. The minimum Gasteiger partial charge on any atom is -0.356 e. The number of unbranched alkanes of at least 4 members (excludes halogenated alkanes) is 1. The first-order valence-corrected chi connectivity index (χ1v) is 6.16. The Bertz CT molecular complexity index is 598. The van der Waals surface area contributed by atoms with E-state index < -0.39 is 0 Å². The van der Waals surface area contributed by atoms with Crippen molar-refractivity contribution >= 4 is 16.9 Å². The maximum absolute atomic E-state index is 11.6. The van der Waals surface area contributed by atoms with Crippen LogP contribution in [0.15, 0.2) is 23.0 Å². The summed E-state index contributed by atoms with van der Waals surface area (Å²) in [5.41, 5.74) is 2.16. The maximum Gasteiger partial charge on any atom is 0.323 e. The third-order valence-electron chi connectivity index (χ3n) is 2.80. The molecular formula is C13H17N3O2. The molecule has 5 nitrogen and oxygen atoms in total. The summed E-state index contributed by atoms with van der Waals surface area (Å²) in [6, 6.07) is 5.49. The first-order chi connectivity index (χ1) is 8.69. The number of hydrogen-bond acceptors (Lipinski definition) is 2. The van der Waals surface area contributed by atoms with Gasteiger partial charge < -0.3 is 15.3 Å². The van der Waals surface area contributed by atoms with Gasteiger partial charge in [0.05, 0.1) is 17.5 Å². The van der Waals surface area contributed by atoms with Crippen LogP contribution in [0.4, 0.5) is 0 Å². The number of H-pyrrole nitrogens is 2. The number of carbonyl (C=O) groups is 1. The standard InChI is InChI=1S/C13H17N3O2/c1-2-3-6-14-12(17)8-9-4-5-10-11(7-9)16-13(18)15-10/h4-5,7H,2-3,6,8H2,1H3,(H,14,17)(H2,15,16,18). The van der Waals surface area contributed by atoms with Crippen LogP contribution in [0.3, 0.4) is 0 Å². The lowest BCUT2D eigenvalue weighted by molar-refractivity contribution is -0.120. The number of amides is 1. The largest absolute Gasteiger partial charge is 0.356 e. The highest BCUT2D eigenvalue weighted by Crippen LogP contribution is 2.10. The molecule has 2 aromatic rings. The molecule has 0 fully saturated rings. The minimum absolute atomic E-state index is 0.0145. The Labute approximate surface area is 105 Å². The van der Waals surface area contributed by atoms with Crippen LogP contribution in [-0.4, -0.2) is 22.4 Å². The summed E-state index contributed by atoms with van der Waals surface area (Å²) in [6.45, 7) is 2.81. The van der Waals surface area contributed by atoms with E-state index in [1.807, 2.05) is 18.2 Å². The molecule has 0 aliphatic rings. The van der Waals surface area contributed by atoms with Crippen molar-refractivity contribution in [3.05, 3.63) is 34.2 Å². The highest BCUT2D eigenvalue weighted by atomic mass is 16.1. The van der Waals surface area contributed by atoms with Gasteiger partial charge in [0.1, 0.15) is 0 Å². The molecule has 18 heavy (non-hydrogen) atoms. The maximum atomic E-state index is 11.6. The van der Waals surface area contributed by atoms with Gasteiger partial charge in [-0.05, 0) is 24.1 Å². The molecule has 0 radical (unpaired) electrons. The van der Waals surface area contributed by atoms with Crippen molar-refractivity contribution in [1.82, 2.24) is 15.3 Å². The van der Waals surface area contributed by atoms with Gasteiger partial charge in [0.15, 0.2) is 0 Å². The zero-order valence-electron chi connectivity index (χ0n) is 10.4. The van der Waals surface area contributed by atoms with E-state index in [0.717, 1.165) is 36.0 Å². The van der Waals surface area contributed by atoms with Crippen LogP contribution < -0.4 is 11.0 Å². The van der Waals surface area contributed by atoms with Gasteiger partial charge in [0, 0.05) is 6.54 Å². The van der Waals surface area contributed by atoms with Crippen molar-refractivity contribution in [2.75, 3.05) is 6.54 Å². The minimum atomic E-state index is -0.227. The topological polar surface area (TPSA) is 77.8 Å². The van der Waals surface area contributed by atoms with Crippen LogP contribution >= 0.6 is 0 Å². The predicted molar refractivity (Wildman–Crippen MR) is 70.5 cm³/mol. The molecule has 0 aliphatic carbocycles. The second-order valence-corrected chi connectivity index (χ2v) is 4.34. The number of aromatic amines is 2. The predicted octanol–water partition coefficient (Wildman–Crippen LogP) is 1.31. The normalized spacial score (nSPS) is 10.7. The molecule has 0 aliphatic heterocycles. The van der Waals surface area contributed by atoms with Gasteiger partial charge >= 0.3 is 5.69 Å². The summed E-state index contributed by atoms with van der Waals surface area (Å²) in [4.78, 5) is 28.1. The number of aromatic nitrogens is 2. The average Bonchev–Trinajstić information content (AvgIpc) is 2.69. The van der Waals surface area contributed by atoms with Crippen molar-refractivity contribution in [2.24, 2.45) is 0 Å². The van der Waals surface area contributed by atoms with E-state index in [0.29, 0.717) is 6.42 Å². The highest BCUT2D eigenvalue weighted by molar-refractivity contribution is 5.81. The quantitative estimate of drug-likeness (QED) is 0.697. The molecule has 0 spiro atoms. The molecule has 1 aromatic heterocycles. The van der Waals surface area contributed by atoms with Crippen molar-refractivity contribution in [3.8, 4) is 0 Å². The molecule has 0 unspecified atom stereocenters. The highest BCUT2D eigenvalue weighted by Gasteiger charge is 2.04. The van der Waals surface area contributed by atoms with E-state index in [2.05, 4.69) is 22.2 Å². The molecule has 5 heteroatoms. The fourth-order valence-electron chi connectivity index (χ4n) is 1.84. The summed E-state index contributed by atoms with van der Waals surface area (Å²) < 4.78 is 0. The number of fused-ring (bicyclic) bond motifs is 1. The van der Waals surface area contributed by atoms with Crippen molar-refractivity contribution < 1.29 is 4.79 Å². The fourth-order valence-corrected chi connectivity index (χ4v) is 1.84. The molecule has 96 valence electrons. The van der Waals surface area contributed by atoms with E-state index in [1.54, 1.807) is 0 Å². The molecule has 1 amide bonds. The fraction of sp³-hybridized carbons (Fsp3) is 0.385. The van der Waals surface area contributed by atoms with Crippen molar-refractivity contribution in [2.45, 2.75) is 26.2 Å². The zero-order valence-corrected chi connectivity index (χ0v) is 10.4. The van der Waals surface area contributed by atoms with Gasteiger partial charge in [-0.25, -0.2) is 4.79 Å². The van der Waals surface area contributed by atoms with E-state index in [1.165, 1.54) is 0 Å². The van der Waals surface area contributed by atoms with E-state index >= 15 is 0 Å². The van der Waals surface area contributed by atoms with Crippen LogP contribution in [0, 0.1) is 0 Å². The molecule has 3 N–H and O–H groups in total. The number of hydrogen-bond donors (Lipinski definition) is 3. The molecular weight excluding hydrogens is 230 g/mol. The second kappa shape index (κ2) is 5.53. The number of rotatable bonds is 5. The lowest BCUT2D eigenvalue weighted by Gasteiger charge is -2.04. The smallest absolute Gasteiger partial charge is 0.323 e. The van der Waals surface area contributed by atoms with Gasteiger partial charge in [-0.3, -0.25) is 4.79 Å².